The number of nitrogens with zero attached hydrogens (tertiary/aromatic N) is 3. The fourth-order valence-corrected chi connectivity index (χ4v) is 2.45. The Morgan fingerprint density at radius 3 is 3.10 bits per heavy atom. The summed E-state index contributed by atoms with van der Waals surface area (Å²) in [6, 6.07) is 10.8. The minimum Gasteiger partial charge on any atom is -0.310 e. The number of hydrogen-bond acceptors (Lipinski definition) is 4. The smallest absolute Gasteiger partial charge is 0.238 e. The Morgan fingerprint density at radius 2 is 2.29 bits per heavy atom. The predicted molar refractivity (Wildman–Crippen MR) is 82.6 cm³/mol. The molecule has 0 saturated carbocycles. The number of hydrogen-bond donors (Lipinski definition) is 1. The van der Waals surface area contributed by atoms with Gasteiger partial charge in [0, 0.05) is 22.4 Å². The molecule has 0 aliphatic carbocycles. The van der Waals surface area contributed by atoms with Crippen molar-refractivity contribution in [2.45, 2.75) is 5.92 Å². The number of fused-ring (bicyclic) bond motifs is 1. The van der Waals surface area contributed by atoms with Crippen molar-refractivity contribution in [3.8, 4) is 6.07 Å². The molecule has 0 fully saturated rings. The van der Waals surface area contributed by atoms with Crippen LogP contribution in [0.2, 0.25) is 0 Å². The van der Waals surface area contributed by atoms with Crippen LogP contribution in [0.3, 0.4) is 0 Å². The van der Waals surface area contributed by atoms with Crippen LogP contribution < -0.4 is 5.32 Å². The van der Waals surface area contributed by atoms with Gasteiger partial charge in [0.2, 0.25) is 5.91 Å². The van der Waals surface area contributed by atoms with Crippen molar-refractivity contribution in [2.75, 3.05) is 5.32 Å². The molecule has 0 bridgehead atoms. The van der Waals surface area contributed by atoms with E-state index in [1.54, 1.807) is 36.7 Å². The summed E-state index contributed by atoms with van der Waals surface area (Å²) in [6.45, 7) is 0. The number of nitriles is 1. The third-order valence-electron chi connectivity index (χ3n) is 3.09. The van der Waals surface area contributed by atoms with Crippen LogP contribution in [0.5, 0.6) is 0 Å². The average Bonchev–Trinajstić information content (AvgIpc) is 2.80. The monoisotopic (exact) mass is 340 g/mol. The predicted octanol–water partition coefficient (Wildman–Crippen LogP) is 3.15. The van der Waals surface area contributed by atoms with E-state index in [2.05, 4.69) is 37.3 Å². The fourth-order valence-electron chi connectivity index (χ4n) is 2.10. The second kappa shape index (κ2) is 5.46. The van der Waals surface area contributed by atoms with Gasteiger partial charge in [0.25, 0.3) is 0 Å². The third-order valence-corrected chi connectivity index (χ3v) is 3.52. The van der Waals surface area contributed by atoms with Gasteiger partial charge in [0.15, 0.2) is 0 Å². The summed E-state index contributed by atoms with van der Waals surface area (Å²) < 4.78 is 0.808. The van der Waals surface area contributed by atoms with E-state index in [9.17, 15) is 4.79 Å². The Labute approximate surface area is 129 Å². The molecule has 1 N–H and O–H groups in total. The van der Waals surface area contributed by atoms with Crippen molar-refractivity contribution >= 4 is 39.6 Å². The van der Waals surface area contributed by atoms with Crippen LogP contribution in [0.15, 0.2) is 46.0 Å². The van der Waals surface area contributed by atoms with Crippen molar-refractivity contribution in [3.05, 3.63) is 52.1 Å². The Bertz CT molecular complexity index is 795. The molecule has 1 atom stereocenters. The molecule has 0 radical (unpaired) electrons. The number of carbonyl (C=O) groups is 1. The molecule has 1 aromatic carbocycles. The lowest BCUT2D eigenvalue weighted by Crippen LogP contribution is -2.12. The lowest BCUT2D eigenvalue weighted by molar-refractivity contribution is -0.115. The normalized spacial score (nSPS) is 16.6. The van der Waals surface area contributed by atoms with E-state index in [1.807, 2.05) is 6.07 Å². The number of nitrogens with one attached hydrogen (secondary N) is 1. The molecule has 1 aromatic heterocycles. The highest BCUT2D eigenvalue weighted by Gasteiger charge is 2.30. The van der Waals surface area contributed by atoms with Gasteiger partial charge in [-0.15, -0.1) is 0 Å². The molecule has 1 amide bonds. The zero-order valence-electron chi connectivity index (χ0n) is 10.7. The average molecular weight is 341 g/mol. The summed E-state index contributed by atoms with van der Waals surface area (Å²) in [5.41, 5.74) is 1.96. The van der Waals surface area contributed by atoms with Crippen molar-refractivity contribution in [2.24, 2.45) is 4.99 Å². The quantitative estimate of drug-likeness (QED) is 0.853. The first kappa shape index (κ1) is 13.5. The summed E-state index contributed by atoms with van der Waals surface area (Å²) in [5.74, 6) is -0.0723. The first-order valence-electron chi connectivity index (χ1n) is 6.18. The van der Waals surface area contributed by atoms with Crippen molar-refractivity contribution in [1.82, 2.24) is 4.98 Å². The van der Waals surface area contributed by atoms with E-state index in [0.717, 1.165) is 10.0 Å². The highest BCUT2D eigenvalue weighted by molar-refractivity contribution is 9.10. The molecule has 2 aromatic rings. The Balaban J connectivity index is 1.92. The number of amides is 1. The van der Waals surface area contributed by atoms with Crippen molar-refractivity contribution < 1.29 is 4.79 Å². The van der Waals surface area contributed by atoms with Gasteiger partial charge in [-0.3, -0.25) is 9.79 Å². The molecular weight excluding hydrogens is 332 g/mol. The van der Waals surface area contributed by atoms with Crippen LogP contribution in [-0.4, -0.2) is 17.1 Å². The lowest BCUT2D eigenvalue weighted by Gasteiger charge is -2.02. The molecular formula is C15H9BrN4O. The SMILES string of the molecule is N#Cc1cccc(N=CC2C(=O)Nc3ncc(Br)cc32)c1. The van der Waals surface area contributed by atoms with Crippen molar-refractivity contribution in [1.29, 1.82) is 5.26 Å². The molecule has 21 heavy (non-hydrogen) atoms. The minimum absolute atomic E-state index is 0.157. The van der Waals surface area contributed by atoms with E-state index in [-0.39, 0.29) is 5.91 Å². The van der Waals surface area contributed by atoms with Gasteiger partial charge < -0.3 is 5.32 Å². The van der Waals surface area contributed by atoms with Crippen LogP contribution in [0.4, 0.5) is 11.5 Å². The Hall–Kier alpha value is -2.52. The number of halogens is 1. The fraction of sp³-hybridized carbons (Fsp3) is 0.0667. The molecule has 5 nitrogen and oxygen atoms in total. The zero-order chi connectivity index (χ0) is 14.8. The summed E-state index contributed by atoms with van der Waals surface area (Å²) >= 11 is 3.35. The zero-order valence-corrected chi connectivity index (χ0v) is 12.3. The Kier molecular flexibility index (Phi) is 3.50. The highest BCUT2D eigenvalue weighted by atomic mass is 79.9. The summed E-state index contributed by atoms with van der Waals surface area (Å²) in [5, 5.41) is 11.6. The number of aliphatic imine (C=N–C) groups is 1. The maximum atomic E-state index is 12.0. The summed E-state index contributed by atoms with van der Waals surface area (Å²) in [4.78, 5) is 20.4. The second-order valence-corrected chi connectivity index (χ2v) is 5.41. The van der Waals surface area contributed by atoms with E-state index in [4.69, 9.17) is 5.26 Å². The van der Waals surface area contributed by atoms with Gasteiger partial charge in [-0.1, -0.05) is 6.07 Å². The summed E-state index contributed by atoms with van der Waals surface area (Å²) in [6.07, 6.45) is 3.21. The van der Waals surface area contributed by atoms with Crippen molar-refractivity contribution in [3.63, 3.8) is 0 Å². The topological polar surface area (TPSA) is 78.1 Å². The van der Waals surface area contributed by atoms with Gasteiger partial charge in [0.05, 0.1) is 17.3 Å². The first-order valence-corrected chi connectivity index (χ1v) is 6.97. The third kappa shape index (κ3) is 2.69. The minimum atomic E-state index is -0.476. The van der Waals surface area contributed by atoms with Gasteiger partial charge in [0.1, 0.15) is 11.7 Å². The van der Waals surface area contributed by atoms with Gasteiger partial charge >= 0.3 is 0 Å². The molecule has 0 spiro atoms. The van der Waals surface area contributed by atoms with Crippen LogP contribution in [0.25, 0.3) is 0 Å². The second-order valence-electron chi connectivity index (χ2n) is 4.50. The number of pyridine rings is 1. The number of carbonyl (C=O) groups excluding carboxylic acids is 1. The van der Waals surface area contributed by atoms with E-state index in [0.29, 0.717) is 17.1 Å². The molecule has 1 aliphatic heterocycles. The van der Waals surface area contributed by atoms with E-state index < -0.39 is 5.92 Å². The molecule has 6 heteroatoms. The van der Waals surface area contributed by atoms with Crippen LogP contribution in [0.1, 0.15) is 17.0 Å². The van der Waals surface area contributed by atoms with Crippen LogP contribution >= 0.6 is 15.9 Å². The maximum absolute atomic E-state index is 12.0. The Morgan fingerprint density at radius 1 is 1.43 bits per heavy atom. The lowest BCUT2D eigenvalue weighted by atomic mass is 10.0. The van der Waals surface area contributed by atoms with Crippen LogP contribution in [0, 0.1) is 11.3 Å². The molecule has 1 aliphatic rings. The molecule has 102 valence electrons. The van der Waals surface area contributed by atoms with Gasteiger partial charge in [-0.2, -0.15) is 5.26 Å². The largest absolute Gasteiger partial charge is 0.310 e. The number of anilines is 1. The summed E-state index contributed by atoms with van der Waals surface area (Å²) in [7, 11) is 0. The maximum Gasteiger partial charge on any atom is 0.238 e. The molecule has 3 rings (SSSR count). The van der Waals surface area contributed by atoms with Gasteiger partial charge in [-0.05, 0) is 40.2 Å². The molecule has 1 unspecified atom stereocenters. The van der Waals surface area contributed by atoms with Gasteiger partial charge in [-0.25, -0.2) is 4.98 Å². The first-order chi connectivity index (χ1) is 10.2. The molecule has 0 saturated heterocycles. The number of aromatic nitrogens is 1. The van der Waals surface area contributed by atoms with E-state index >= 15 is 0 Å². The highest BCUT2D eigenvalue weighted by Crippen LogP contribution is 2.32. The van der Waals surface area contributed by atoms with E-state index in [1.165, 1.54) is 0 Å². The van der Waals surface area contributed by atoms with Crippen LogP contribution in [-0.2, 0) is 4.79 Å². The standard InChI is InChI=1S/C15H9BrN4O/c16-10-5-12-13(15(21)20-14(12)19-7-10)8-18-11-3-1-2-9(4-11)6-17/h1-5,7-8,13H,(H,19,20,21). The number of benzene rings is 1. The molecule has 2 heterocycles. The number of rotatable bonds is 2.